The van der Waals surface area contributed by atoms with Crippen molar-refractivity contribution in [1.29, 1.82) is 0 Å². The number of hydrogen-bond donors (Lipinski definition) is 0. The van der Waals surface area contributed by atoms with Crippen LogP contribution in [-0.2, 0) is 6.18 Å². The van der Waals surface area contributed by atoms with Gasteiger partial charge in [0.2, 0.25) is 0 Å². The lowest BCUT2D eigenvalue weighted by molar-refractivity contribution is -0.141. The average molecular weight is 420 g/mol. The molecular formula is C20H23F3N6O. The number of aromatic nitrogens is 4. The van der Waals surface area contributed by atoms with Crippen molar-refractivity contribution in [3.63, 3.8) is 0 Å². The van der Waals surface area contributed by atoms with E-state index >= 15 is 0 Å². The number of halogens is 3. The molecule has 1 aliphatic heterocycles. The molecule has 0 N–H and O–H groups in total. The molecule has 0 radical (unpaired) electrons. The summed E-state index contributed by atoms with van der Waals surface area (Å²) < 4.78 is 41.1. The van der Waals surface area contributed by atoms with E-state index in [9.17, 15) is 18.0 Å². The van der Waals surface area contributed by atoms with E-state index < -0.39 is 11.9 Å². The minimum absolute atomic E-state index is 0.0527. The van der Waals surface area contributed by atoms with Crippen LogP contribution in [0.5, 0.6) is 0 Å². The third-order valence-corrected chi connectivity index (χ3v) is 6.10. The molecule has 0 unspecified atom stereocenters. The largest absolute Gasteiger partial charge is 0.433 e. The van der Waals surface area contributed by atoms with Gasteiger partial charge in [0.1, 0.15) is 17.8 Å². The standard InChI is InChI=1S/C20H23F3N6O/c21-20(22,23)16-11-17(26-12-25-16)29(14-3-4-14)15-5-8-27(9-6-15)18-19(30)28(10-7-24-18)13-1-2-13/h7,10-15H,1-6,8-9H2. The lowest BCUT2D eigenvalue weighted by Gasteiger charge is -2.39. The number of hydrogen-bond acceptors (Lipinski definition) is 6. The fourth-order valence-electron chi connectivity index (χ4n) is 4.30. The number of piperidine rings is 1. The molecule has 1 saturated heterocycles. The van der Waals surface area contributed by atoms with Gasteiger partial charge in [0, 0.05) is 49.7 Å². The second-order valence-corrected chi connectivity index (χ2v) is 8.31. The Bertz CT molecular complexity index is 977. The van der Waals surface area contributed by atoms with Crippen molar-refractivity contribution in [3.8, 4) is 0 Å². The molecule has 10 heteroatoms. The van der Waals surface area contributed by atoms with E-state index in [0.29, 0.717) is 30.8 Å². The van der Waals surface area contributed by atoms with E-state index in [1.54, 1.807) is 17.0 Å². The number of rotatable bonds is 5. The van der Waals surface area contributed by atoms with Crippen LogP contribution in [0.25, 0.3) is 0 Å². The predicted molar refractivity (Wildman–Crippen MR) is 105 cm³/mol. The summed E-state index contributed by atoms with van der Waals surface area (Å²) in [6.45, 7) is 1.28. The molecular weight excluding hydrogens is 397 g/mol. The molecule has 0 spiro atoms. The highest BCUT2D eigenvalue weighted by Crippen LogP contribution is 2.37. The molecule has 3 aliphatic rings. The van der Waals surface area contributed by atoms with E-state index in [1.807, 2.05) is 9.80 Å². The smallest absolute Gasteiger partial charge is 0.352 e. The Morgan fingerprint density at radius 3 is 2.30 bits per heavy atom. The maximum absolute atomic E-state index is 13.1. The van der Waals surface area contributed by atoms with Crippen LogP contribution in [0.2, 0.25) is 0 Å². The Hall–Kier alpha value is -2.65. The van der Waals surface area contributed by atoms with E-state index in [0.717, 1.165) is 50.9 Å². The van der Waals surface area contributed by atoms with Gasteiger partial charge < -0.3 is 14.4 Å². The maximum Gasteiger partial charge on any atom is 0.433 e. The van der Waals surface area contributed by atoms with E-state index in [2.05, 4.69) is 15.0 Å². The minimum Gasteiger partial charge on any atom is -0.352 e. The Kier molecular flexibility index (Phi) is 4.67. The van der Waals surface area contributed by atoms with Gasteiger partial charge in [0.05, 0.1) is 0 Å². The molecule has 2 saturated carbocycles. The first kappa shape index (κ1) is 19.3. The molecule has 3 fully saturated rings. The van der Waals surface area contributed by atoms with Gasteiger partial charge in [-0.25, -0.2) is 15.0 Å². The monoisotopic (exact) mass is 420 g/mol. The first-order valence-electron chi connectivity index (χ1n) is 10.4. The fourth-order valence-corrected chi connectivity index (χ4v) is 4.30. The van der Waals surface area contributed by atoms with Gasteiger partial charge in [-0.2, -0.15) is 13.2 Å². The summed E-state index contributed by atoms with van der Waals surface area (Å²) in [5, 5.41) is 0. The first-order chi connectivity index (χ1) is 14.4. The minimum atomic E-state index is -4.49. The molecule has 5 rings (SSSR count). The second kappa shape index (κ2) is 7.24. The van der Waals surface area contributed by atoms with E-state index in [1.165, 1.54) is 0 Å². The number of alkyl halides is 3. The second-order valence-electron chi connectivity index (χ2n) is 8.31. The van der Waals surface area contributed by atoms with Crippen LogP contribution in [0.3, 0.4) is 0 Å². The van der Waals surface area contributed by atoms with Gasteiger partial charge in [-0.15, -0.1) is 0 Å². The lowest BCUT2D eigenvalue weighted by Crippen LogP contribution is -2.48. The zero-order valence-electron chi connectivity index (χ0n) is 16.4. The van der Waals surface area contributed by atoms with Crippen molar-refractivity contribution >= 4 is 11.6 Å². The Morgan fingerprint density at radius 2 is 1.67 bits per heavy atom. The van der Waals surface area contributed by atoms with Crippen molar-refractivity contribution in [2.45, 2.75) is 62.8 Å². The summed E-state index contributed by atoms with van der Waals surface area (Å²) in [5.74, 6) is 0.814. The summed E-state index contributed by atoms with van der Waals surface area (Å²) in [4.78, 5) is 28.7. The highest BCUT2D eigenvalue weighted by atomic mass is 19.4. The number of nitrogens with zero attached hydrogens (tertiary/aromatic N) is 6. The van der Waals surface area contributed by atoms with Crippen molar-refractivity contribution in [2.24, 2.45) is 0 Å². The van der Waals surface area contributed by atoms with Crippen LogP contribution >= 0.6 is 0 Å². The van der Waals surface area contributed by atoms with Crippen LogP contribution < -0.4 is 15.4 Å². The zero-order valence-corrected chi connectivity index (χ0v) is 16.4. The van der Waals surface area contributed by atoms with Gasteiger partial charge >= 0.3 is 6.18 Å². The molecule has 0 bridgehead atoms. The van der Waals surface area contributed by atoms with Crippen molar-refractivity contribution in [2.75, 3.05) is 22.9 Å². The summed E-state index contributed by atoms with van der Waals surface area (Å²) in [5.41, 5.74) is -0.965. The highest BCUT2D eigenvalue weighted by molar-refractivity contribution is 5.45. The van der Waals surface area contributed by atoms with E-state index in [4.69, 9.17) is 0 Å². The van der Waals surface area contributed by atoms with Crippen LogP contribution in [0.4, 0.5) is 24.8 Å². The Balaban J connectivity index is 1.33. The molecule has 30 heavy (non-hydrogen) atoms. The molecule has 0 amide bonds. The number of anilines is 2. The fraction of sp³-hybridized carbons (Fsp3) is 0.600. The topological polar surface area (TPSA) is 67.2 Å². The van der Waals surface area contributed by atoms with Gasteiger partial charge in [-0.3, -0.25) is 4.79 Å². The summed E-state index contributed by atoms with van der Waals surface area (Å²) >= 11 is 0. The first-order valence-corrected chi connectivity index (χ1v) is 10.4. The Labute approximate surface area is 171 Å². The quantitative estimate of drug-likeness (QED) is 0.741. The normalized spacial score (nSPS) is 20.4. The third-order valence-electron chi connectivity index (χ3n) is 6.10. The average Bonchev–Trinajstić information content (AvgIpc) is 3.63. The zero-order chi connectivity index (χ0) is 20.9. The van der Waals surface area contributed by atoms with Crippen LogP contribution in [0, 0.1) is 0 Å². The summed E-state index contributed by atoms with van der Waals surface area (Å²) in [6.07, 6.45) is 5.38. The Morgan fingerprint density at radius 1 is 0.967 bits per heavy atom. The van der Waals surface area contributed by atoms with Crippen molar-refractivity contribution < 1.29 is 13.2 Å². The van der Waals surface area contributed by atoms with Crippen molar-refractivity contribution in [3.05, 3.63) is 40.8 Å². The van der Waals surface area contributed by atoms with Gasteiger partial charge in [-0.1, -0.05) is 0 Å². The predicted octanol–water partition coefficient (Wildman–Crippen LogP) is 3.02. The molecule has 2 aliphatic carbocycles. The van der Waals surface area contributed by atoms with Gasteiger partial charge in [-0.05, 0) is 38.5 Å². The molecule has 160 valence electrons. The van der Waals surface area contributed by atoms with Gasteiger partial charge in [0.15, 0.2) is 5.82 Å². The summed E-state index contributed by atoms with van der Waals surface area (Å²) in [7, 11) is 0. The van der Waals surface area contributed by atoms with Crippen LogP contribution in [0.15, 0.2) is 29.6 Å². The van der Waals surface area contributed by atoms with Crippen LogP contribution in [0.1, 0.15) is 50.3 Å². The molecule has 3 heterocycles. The molecule has 0 atom stereocenters. The van der Waals surface area contributed by atoms with Crippen molar-refractivity contribution in [1.82, 2.24) is 19.5 Å². The molecule has 2 aromatic heterocycles. The molecule has 0 aromatic carbocycles. The van der Waals surface area contributed by atoms with Gasteiger partial charge in [0.25, 0.3) is 5.56 Å². The van der Waals surface area contributed by atoms with Crippen LogP contribution in [-0.4, -0.2) is 44.7 Å². The SMILES string of the molecule is O=c1c(N2CCC(N(c3cc(C(F)(F)F)ncn3)C3CC3)CC2)nccn1C1CC1. The molecule has 2 aromatic rings. The molecule has 7 nitrogen and oxygen atoms in total. The third kappa shape index (κ3) is 3.75. The summed E-state index contributed by atoms with van der Waals surface area (Å²) in [6, 6.07) is 1.65. The maximum atomic E-state index is 13.1. The van der Waals surface area contributed by atoms with E-state index in [-0.39, 0.29) is 17.6 Å². The highest BCUT2D eigenvalue weighted by Gasteiger charge is 2.39. The lowest BCUT2D eigenvalue weighted by atomic mass is 10.0.